The van der Waals surface area contributed by atoms with Gasteiger partial charge in [0.15, 0.2) is 0 Å². The van der Waals surface area contributed by atoms with Crippen molar-refractivity contribution in [1.82, 2.24) is 15.8 Å². The van der Waals surface area contributed by atoms with E-state index in [0.717, 1.165) is 0 Å². The molecule has 1 heterocycles. The summed E-state index contributed by atoms with van der Waals surface area (Å²) in [7, 11) is 0. The van der Waals surface area contributed by atoms with Crippen LogP contribution in [0.1, 0.15) is 20.7 Å². The van der Waals surface area contributed by atoms with Gasteiger partial charge in [0.05, 0.1) is 5.56 Å². The van der Waals surface area contributed by atoms with Crippen LogP contribution in [0.2, 0.25) is 5.15 Å². The van der Waals surface area contributed by atoms with E-state index in [1.165, 1.54) is 18.3 Å². The summed E-state index contributed by atoms with van der Waals surface area (Å²) >= 11 is 5.61. The van der Waals surface area contributed by atoms with Gasteiger partial charge in [0.2, 0.25) is 0 Å². The first-order valence-electron chi connectivity index (χ1n) is 5.44. The lowest BCUT2D eigenvalue weighted by molar-refractivity contribution is 0.0846. The van der Waals surface area contributed by atoms with E-state index >= 15 is 0 Å². The molecule has 2 amide bonds. The molecular weight excluding hydrogens is 266 g/mol. The molecule has 2 N–H and O–H groups in total. The van der Waals surface area contributed by atoms with Gasteiger partial charge < -0.3 is 0 Å². The molecule has 0 atom stereocenters. The van der Waals surface area contributed by atoms with Crippen molar-refractivity contribution in [2.24, 2.45) is 0 Å². The number of amides is 2. The highest BCUT2D eigenvalue weighted by molar-refractivity contribution is 6.29. The first kappa shape index (κ1) is 13.0. The summed E-state index contributed by atoms with van der Waals surface area (Å²) in [5.74, 6) is -0.857. The third-order valence-corrected chi connectivity index (χ3v) is 2.54. The molecule has 2 rings (SSSR count). The molecule has 0 radical (unpaired) electrons. The minimum atomic E-state index is -0.464. The number of hydrogen-bond donors (Lipinski definition) is 2. The van der Waals surface area contributed by atoms with Crippen molar-refractivity contribution in [2.75, 3.05) is 0 Å². The number of carbonyl (C=O) groups is 2. The fourth-order valence-corrected chi connectivity index (χ4v) is 1.47. The van der Waals surface area contributed by atoms with Crippen molar-refractivity contribution in [3.63, 3.8) is 0 Å². The maximum atomic E-state index is 11.7. The van der Waals surface area contributed by atoms with Gasteiger partial charge in [0.25, 0.3) is 11.8 Å². The van der Waals surface area contributed by atoms with E-state index in [-0.39, 0.29) is 0 Å². The number of aromatic nitrogens is 1. The van der Waals surface area contributed by atoms with Crippen molar-refractivity contribution in [1.29, 1.82) is 0 Å². The minimum absolute atomic E-state index is 0.296. The standard InChI is InChI=1S/C13H10ClN3O2/c14-11-7-6-10(8-15-11)13(19)17-16-12(18)9-4-2-1-3-5-9/h1-8H,(H,16,18)(H,17,19). The monoisotopic (exact) mass is 275 g/mol. The van der Waals surface area contributed by atoms with E-state index in [0.29, 0.717) is 16.3 Å². The van der Waals surface area contributed by atoms with Crippen LogP contribution in [-0.4, -0.2) is 16.8 Å². The van der Waals surface area contributed by atoms with Crippen LogP contribution in [0.4, 0.5) is 0 Å². The molecule has 0 saturated heterocycles. The van der Waals surface area contributed by atoms with Crippen LogP contribution < -0.4 is 10.9 Å². The zero-order chi connectivity index (χ0) is 13.7. The summed E-state index contributed by atoms with van der Waals surface area (Å²) in [5, 5.41) is 0.296. The minimum Gasteiger partial charge on any atom is -0.267 e. The molecule has 1 aromatic carbocycles. The van der Waals surface area contributed by atoms with Gasteiger partial charge >= 0.3 is 0 Å². The number of nitrogens with one attached hydrogen (secondary N) is 2. The second-order valence-electron chi connectivity index (χ2n) is 3.64. The van der Waals surface area contributed by atoms with Gasteiger partial charge in [-0.25, -0.2) is 4.98 Å². The van der Waals surface area contributed by atoms with Crippen molar-refractivity contribution >= 4 is 23.4 Å². The Morgan fingerprint density at radius 1 is 0.895 bits per heavy atom. The van der Waals surface area contributed by atoms with E-state index in [1.54, 1.807) is 30.3 Å². The number of rotatable bonds is 2. The quantitative estimate of drug-likeness (QED) is 0.649. The lowest BCUT2D eigenvalue weighted by atomic mass is 10.2. The number of hydrogen-bond acceptors (Lipinski definition) is 3. The molecule has 0 spiro atoms. The first-order valence-corrected chi connectivity index (χ1v) is 5.82. The Kier molecular flexibility index (Phi) is 4.10. The average Bonchev–Trinajstić information content (AvgIpc) is 2.46. The molecule has 2 aromatic rings. The van der Waals surface area contributed by atoms with E-state index in [4.69, 9.17) is 11.6 Å². The molecule has 6 heteroatoms. The molecule has 1 aromatic heterocycles. The number of benzene rings is 1. The third-order valence-electron chi connectivity index (χ3n) is 2.32. The highest BCUT2D eigenvalue weighted by atomic mass is 35.5. The van der Waals surface area contributed by atoms with Gasteiger partial charge in [-0.1, -0.05) is 29.8 Å². The average molecular weight is 276 g/mol. The molecule has 19 heavy (non-hydrogen) atoms. The Hall–Kier alpha value is -2.40. The number of carbonyl (C=O) groups excluding carboxylic acids is 2. The predicted molar refractivity (Wildman–Crippen MR) is 70.6 cm³/mol. The van der Waals surface area contributed by atoms with Crippen LogP contribution in [0.25, 0.3) is 0 Å². The summed E-state index contributed by atoms with van der Waals surface area (Å²) in [4.78, 5) is 27.1. The fraction of sp³-hybridized carbons (Fsp3) is 0. The molecular formula is C13H10ClN3O2. The Bertz CT molecular complexity index is 585. The summed E-state index contributed by atoms with van der Waals surface area (Å²) in [6.07, 6.45) is 1.33. The molecule has 0 aliphatic rings. The predicted octanol–water partition coefficient (Wildman–Crippen LogP) is 1.81. The molecule has 0 saturated carbocycles. The Morgan fingerprint density at radius 3 is 2.11 bits per heavy atom. The highest BCUT2D eigenvalue weighted by Gasteiger charge is 2.08. The van der Waals surface area contributed by atoms with Crippen molar-refractivity contribution in [3.05, 3.63) is 64.9 Å². The van der Waals surface area contributed by atoms with Crippen LogP contribution in [0.5, 0.6) is 0 Å². The largest absolute Gasteiger partial charge is 0.271 e. The Morgan fingerprint density at radius 2 is 1.53 bits per heavy atom. The van der Waals surface area contributed by atoms with Crippen molar-refractivity contribution in [2.45, 2.75) is 0 Å². The third kappa shape index (κ3) is 3.53. The summed E-state index contributed by atoms with van der Waals surface area (Å²) < 4.78 is 0. The lowest BCUT2D eigenvalue weighted by Gasteiger charge is -2.07. The number of halogens is 1. The molecule has 96 valence electrons. The second-order valence-corrected chi connectivity index (χ2v) is 4.03. The lowest BCUT2D eigenvalue weighted by Crippen LogP contribution is -2.41. The van der Waals surface area contributed by atoms with Crippen molar-refractivity contribution in [3.8, 4) is 0 Å². The topological polar surface area (TPSA) is 71.1 Å². The van der Waals surface area contributed by atoms with Crippen molar-refractivity contribution < 1.29 is 9.59 Å². The fourth-order valence-electron chi connectivity index (χ4n) is 1.36. The van der Waals surface area contributed by atoms with Crippen LogP contribution in [0.15, 0.2) is 48.7 Å². The SMILES string of the molecule is O=C(NNC(=O)c1ccc(Cl)nc1)c1ccccc1. The molecule has 0 aliphatic heterocycles. The zero-order valence-electron chi connectivity index (χ0n) is 9.76. The van der Waals surface area contributed by atoms with E-state index in [2.05, 4.69) is 15.8 Å². The van der Waals surface area contributed by atoms with Crippen LogP contribution in [0, 0.1) is 0 Å². The normalized spacial score (nSPS) is 9.74. The molecule has 5 nitrogen and oxygen atoms in total. The molecule has 0 fully saturated rings. The molecule has 0 bridgehead atoms. The van der Waals surface area contributed by atoms with Gasteiger partial charge in [-0.3, -0.25) is 20.4 Å². The van der Waals surface area contributed by atoms with Crippen LogP contribution in [-0.2, 0) is 0 Å². The van der Waals surface area contributed by atoms with Gasteiger partial charge in [-0.05, 0) is 24.3 Å². The molecule has 0 unspecified atom stereocenters. The van der Waals surface area contributed by atoms with Crippen LogP contribution >= 0.6 is 11.6 Å². The number of hydrazine groups is 1. The van der Waals surface area contributed by atoms with Gasteiger partial charge in [0, 0.05) is 11.8 Å². The van der Waals surface area contributed by atoms with Gasteiger partial charge in [-0.15, -0.1) is 0 Å². The van der Waals surface area contributed by atoms with Gasteiger partial charge in [0.1, 0.15) is 5.15 Å². The summed E-state index contributed by atoms with van der Waals surface area (Å²) in [6.45, 7) is 0. The smallest absolute Gasteiger partial charge is 0.267 e. The van der Waals surface area contributed by atoms with E-state index < -0.39 is 11.8 Å². The van der Waals surface area contributed by atoms with E-state index in [1.807, 2.05) is 0 Å². The second kappa shape index (κ2) is 5.97. The molecule has 0 aliphatic carbocycles. The van der Waals surface area contributed by atoms with E-state index in [9.17, 15) is 9.59 Å². The highest BCUT2D eigenvalue weighted by Crippen LogP contribution is 2.04. The zero-order valence-corrected chi connectivity index (χ0v) is 10.5. The maximum Gasteiger partial charge on any atom is 0.271 e. The Labute approximate surface area is 114 Å². The van der Waals surface area contributed by atoms with Crippen LogP contribution in [0.3, 0.4) is 0 Å². The first-order chi connectivity index (χ1) is 9.16. The summed E-state index contributed by atoms with van der Waals surface area (Å²) in [6, 6.07) is 11.6. The Balaban J connectivity index is 1.94. The number of pyridine rings is 1. The summed E-state index contributed by atoms with van der Waals surface area (Å²) in [5.41, 5.74) is 5.37. The number of nitrogens with zero attached hydrogens (tertiary/aromatic N) is 1. The van der Waals surface area contributed by atoms with Gasteiger partial charge in [-0.2, -0.15) is 0 Å². The maximum absolute atomic E-state index is 11.7.